The number of aromatic nitrogens is 2. The molecule has 1 atom stereocenters. The van der Waals surface area contributed by atoms with Gasteiger partial charge >= 0.3 is 6.16 Å². The van der Waals surface area contributed by atoms with Crippen LogP contribution < -0.4 is 15.6 Å². The molecule has 33 heavy (non-hydrogen) atoms. The van der Waals surface area contributed by atoms with Crippen LogP contribution in [0.1, 0.15) is 30.2 Å². The highest BCUT2D eigenvalue weighted by Gasteiger charge is 2.25. The topological polar surface area (TPSA) is 126 Å². The summed E-state index contributed by atoms with van der Waals surface area (Å²) in [5, 5.41) is 24.0. The molecule has 0 fully saturated rings. The Morgan fingerprint density at radius 1 is 1.30 bits per heavy atom. The van der Waals surface area contributed by atoms with Crippen LogP contribution in [0.4, 0.5) is 4.79 Å². The Balaban J connectivity index is 0.00000306. The fourth-order valence-corrected chi connectivity index (χ4v) is 4.40. The molecule has 0 spiro atoms. The number of methoxy groups -OCH3 is 1. The maximum absolute atomic E-state index is 12.5. The van der Waals surface area contributed by atoms with E-state index in [0.29, 0.717) is 30.8 Å². The molecule has 9 nitrogen and oxygen atoms in total. The average molecular weight is 478 g/mol. The van der Waals surface area contributed by atoms with Crippen molar-refractivity contribution in [3.05, 3.63) is 45.4 Å². The normalized spacial score (nSPS) is 13.5. The molecule has 1 aliphatic carbocycles. The standard InChI is InChI=1S/C23H27N3O6.ClH/c1-12(11-31-3)24-10-15-7-14-8-17-13(9-18(14)26(15)2)5-4-6-16-19(17)25-22(28)21(20(16)27)32-23(29)30;/h7-9,12,24H,4-6,10-11H2,1-3H3,(H,29,30)(H2,25,27,28);1H. The van der Waals surface area contributed by atoms with Crippen molar-refractivity contribution in [2.75, 3.05) is 13.7 Å². The van der Waals surface area contributed by atoms with E-state index < -0.39 is 23.2 Å². The molecule has 3 aromatic rings. The van der Waals surface area contributed by atoms with Crippen molar-refractivity contribution < 1.29 is 24.5 Å². The van der Waals surface area contributed by atoms with Crippen LogP contribution in [-0.2, 0) is 31.2 Å². The summed E-state index contributed by atoms with van der Waals surface area (Å²) in [6, 6.07) is 6.46. The monoisotopic (exact) mass is 477 g/mol. The van der Waals surface area contributed by atoms with Crippen molar-refractivity contribution in [2.24, 2.45) is 7.05 Å². The molecule has 0 amide bonds. The number of pyridine rings is 1. The molecule has 10 heteroatoms. The van der Waals surface area contributed by atoms with Gasteiger partial charge in [-0.05, 0) is 49.9 Å². The summed E-state index contributed by atoms with van der Waals surface area (Å²) in [6.07, 6.45) is 0.350. The fraction of sp³-hybridized carbons (Fsp3) is 0.391. The molecule has 4 N–H and O–H groups in total. The number of aromatic amines is 1. The number of hydrogen-bond acceptors (Lipinski definition) is 6. The largest absolute Gasteiger partial charge is 0.511 e. The van der Waals surface area contributed by atoms with Crippen LogP contribution in [0.25, 0.3) is 22.2 Å². The Bertz CT molecular complexity index is 1250. The summed E-state index contributed by atoms with van der Waals surface area (Å²) in [4.78, 5) is 26.1. The average Bonchev–Trinajstić information content (AvgIpc) is 2.93. The number of H-pyrrole nitrogens is 1. The second-order valence-electron chi connectivity index (χ2n) is 8.21. The van der Waals surface area contributed by atoms with Crippen LogP contribution in [0.15, 0.2) is 23.0 Å². The molecule has 178 valence electrons. The van der Waals surface area contributed by atoms with Crippen LogP contribution in [0.3, 0.4) is 0 Å². The second kappa shape index (κ2) is 9.86. The highest BCUT2D eigenvalue weighted by molar-refractivity contribution is 5.89. The van der Waals surface area contributed by atoms with Gasteiger partial charge in [0, 0.05) is 54.5 Å². The van der Waals surface area contributed by atoms with Gasteiger partial charge in [0.05, 0.1) is 12.3 Å². The van der Waals surface area contributed by atoms with Gasteiger partial charge in [-0.15, -0.1) is 12.4 Å². The first-order chi connectivity index (χ1) is 15.3. The number of benzene rings is 1. The van der Waals surface area contributed by atoms with Crippen LogP contribution in [0.2, 0.25) is 0 Å². The molecule has 0 radical (unpaired) electrons. The summed E-state index contributed by atoms with van der Waals surface area (Å²) < 4.78 is 11.9. The highest BCUT2D eigenvalue weighted by atomic mass is 35.5. The highest BCUT2D eigenvalue weighted by Crippen LogP contribution is 2.40. The molecular weight excluding hydrogens is 450 g/mol. The number of nitrogens with one attached hydrogen (secondary N) is 2. The molecule has 1 unspecified atom stereocenters. The number of ether oxygens (including phenoxy) is 2. The Labute approximate surface area is 196 Å². The number of aromatic hydroxyl groups is 1. The zero-order valence-electron chi connectivity index (χ0n) is 18.7. The summed E-state index contributed by atoms with van der Waals surface area (Å²) in [7, 11) is 3.71. The van der Waals surface area contributed by atoms with E-state index in [2.05, 4.69) is 38.7 Å². The summed E-state index contributed by atoms with van der Waals surface area (Å²) in [5.41, 5.74) is 4.32. The second-order valence-corrected chi connectivity index (χ2v) is 8.21. The Morgan fingerprint density at radius 3 is 2.76 bits per heavy atom. The van der Waals surface area contributed by atoms with Gasteiger partial charge < -0.3 is 34.6 Å². The van der Waals surface area contributed by atoms with Crippen LogP contribution in [0, 0.1) is 0 Å². The summed E-state index contributed by atoms with van der Waals surface area (Å²) in [5.74, 6) is -0.997. The molecule has 1 aliphatic rings. The first-order valence-electron chi connectivity index (χ1n) is 10.5. The van der Waals surface area contributed by atoms with E-state index in [4.69, 9.17) is 9.84 Å². The SMILES string of the molecule is COCC(C)NCc1cc2cc3c(cc2n1C)CCCc1c-3[nH]c(=O)c(OC(=O)O)c1O.Cl. The molecule has 0 saturated heterocycles. The predicted octanol–water partition coefficient (Wildman–Crippen LogP) is 3.33. The lowest BCUT2D eigenvalue weighted by Crippen LogP contribution is -2.30. The minimum atomic E-state index is -1.65. The molecule has 2 aromatic heterocycles. The first kappa shape index (κ1) is 24.6. The van der Waals surface area contributed by atoms with Crippen LogP contribution in [-0.4, -0.2) is 45.7 Å². The number of aryl methyl sites for hydroxylation is 2. The van der Waals surface area contributed by atoms with Gasteiger partial charge in [-0.1, -0.05) is 0 Å². The summed E-state index contributed by atoms with van der Waals surface area (Å²) >= 11 is 0. The van der Waals surface area contributed by atoms with Crippen LogP contribution >= 0.6 is 12.4 Å². The fourth-order valence-electron chi connectivity index (χ4n) is 4.40. The zero-order valence-corrected chi connectivity index (χ0v) is 19.5. The molecule has 0 bridgehead atoms. The van der Waals surface area contributed by atoms with Gasteiger partial charge in [-0.2, -0.15) is 0 Å². The molecule has 0 saturated carbocycles. The van der Waals surface area contributed by atoms with Gasteiger partial charge in [-0.3, -0.25) is 4.79 Å². The third-order valence-corrected chi connectivity index (χ3v) is 5.99. The number of carboxylic acid groups (broad SMARTS) is 1. The predicted molar refractivity (Wildman–Crippen MR) is 127 cm³/mol. The third kappa shape index (κ3) is 4.71. The van der Waals surface area contributed by atoms with E-state index in [-0.39, 0.29) is 18.4 Å². The van der Waals surface area contributed by atoms with Crippen molar-refractivity contribution >= 4 is 29.5 Å². The number of hydrogen-bond donors (Lipinski definition) is 4. The zero-order chi connectivity index (χ0) is 23.0. The number of fused-ring (bicyclic) bond motifs is 4. The Morgan fingerprint density at radius 2 is 2.06 bits per heavy atom. The van der Waals surface area contributed by atoms with Crippen molar-refractivity contribution in [3.8, 4) is 22.8 Å². The van der Waals surface area contributed by atoms with Crippen molar-refractivity contribution in [2.45, 2.75) is 38.8 Å². The van der Waals surface area contributed by atoms with E-state index in [9.17, 15) is 14.7 Å². The van der Waals surface area contributed by atoms with E-state index in [0.717, 1.165) is 40.6 Å². The van der Waals surface area contributed by atoms with E-state index in [1.807, 2.05) is 13.1 Å². The quantitative estimate of drug-likeness (QED) is 0.401. The van der Waals surface area contributed by atoms with E-state index in [1.165, 1.54) is 0 Å². The molecule has 2 heterocycles. The molecule has 0 aliphatic heterocycles. The smallest absolute Gasteiger partial charge is 0.504 e. The lowest BCUT2D eigenvalue weighted by Gasteiger charge is -2.14. The lowest BCUT2D eigenvalue weighted by molar-refractivity contribution is 0.142. The maximum Gasteiger partial charge on any atom is 0.511 e. The lowest BCUT2D eigenvalue weighted by atomic mass is 9.99. The van der Waals surface area contributed by atoms with Gasteiger partial charge in [0.15, 0.2) is 5.75 Å². The van der Waals surface area contributed by atoms with Crippen molar-refractivity contribution in [1.29, 1.82) is 0 Å². The number of carbonyl (C=O) groups is 1. The van der Waals surface area contributed by atoms with Gasteiger partial charge in [-0.25, -0.2) is 4.79 Å². The number of rotatable bonds is 6. The van der Waals surface area contributed by atoms with Gasteiger partial charge in [0.1, 0.15) is 0 Å². The minimum Gasteiger partial charge on any atom is -0.504 e. The van der Waals surface area contributed by atoms with Gasteiger partial charge in [0.2, 0.25) is 5.75 Å². The van der Waals surface area contributed by atoms with Crippen LogP contribution in [0.5, 0.6) is 11.5 Å². The number of nitrogens with zero attached hydrogens (tertiary/aromatic N) is 1. The third-order valence-electron chi connectivity index (χ3n) is 5.99. The minimum absolute atomic E-state index is 0. The maximum atomic E-state index is 12.5. The molecule has 4 rings (SSSR count). The number of halogens is 1. The summed E-state index contributed by atoms with van der Waals surface area (Å²) in [6.45, 7) is 3.38. The van der Waals surface area contributed by atoms with Crippen molar-refractivity contribution in [1.82, 2.24) is 14.9 Å². The molecule has 1 aromatic carbocycles. The van der Waals surface area contributed by atoms with E-state index in [1.54, 1.807) is 7.11 Å². The van der Waals surface area contributed by atoms with E-state index >= 15 is 0 Å². The molecular formula is C23H28ClN3O6. The van der Waals surface area contributed by atoms with Gasteiger partial charge in [0.25, 0.3) is 5.56 Å². The first-order valence-corrected chi connectivity index (χ1v) is 10.5. The van der Waals surface area contributed by atoms with Crippen molar-refractivity contribution in [3.63, 3.8) is 0 Å². The Kier molecular flexibility index (Phi) is 7.36. The Hall–Kier alpha value is -3.01.